The van der Waals surface area contributed by atoms with Crippen molar-refractivity contribution >= 4 is 31.6 Å². The summed E-state index contributed by atoms with van der Waals surface area (Å²) in [6.45, 7) is 1.57. The van der Waals surface area contributed by atoms with Crippen LogP contribution in [0.3, 0.4) is 0 Å². The Labute approximate surface area is 126 Å². The second-order valence-electron chi connectivity index (χ2n) is 4.32. The highest BCUT2D eigenvalue weighted by Gasteiger charge is 2.27. The van der Waals surface area contributed by atoms with Crippen molar-refractivity contribution < 1.29 is 17.9 Å². The molecule has 2 rings (SSSR count). The maximum Gasteiger partial charge on any atom is 0.268 e. The molecule has 0 saturated heterocycles. The number of anilines is 1. The quantitative estimate of drug-likeness (QED) is 0.910. The van der Waals surface area contributed by atoms with Crippen molar-refractivity contribution in [3.63, 3.8) is 0 Å². The lowest BCUT2D eigenvalue weighted by molar-refractivity contribution is 0.245. The Kier molecular flexibility index (Phi) is 4.22. The number of hydrogen-bond acceptors (Lipinski definition) is 4. The van der Waals surface area contributed by atoms with Crippen LogP contribution in [0.25, 0.3) is 0 Å². The molecule has 5 nitrogen and oxygen atoms in total. The van der Waals surface area contributed by atoms with Crippen LogP contribution in [0.15, 0.2) is 44.3 Å². The van der Waals surface area contributed by atoms with Gasteiger partial charge in [0.2, 0.25) is 0 Å². The molecule has 1 aromatic carbocycles. The van der Waals surface area contributed by atoms with Crippen LogP contribution in [0.1, 0.15) is 11.3 Å². The largest absolute Gasteiger partial charge is 0.450 e. The molecule has 1 heterocycles. The van der Waals surface area contributed by atoms with E-state index in [9.17, 15) is 8.42 Å². The van der Waals surface area contributed by atoms with Crippen LogP contribution in [0, 0.1) is 6.92 Å². The molecule has 0 aliphatic carbocycles. The molecule has 108 valence electrons. The van der Waals surface area contributed by atoms with Gasteiger partial charge in [-0.1, -0.05) is 17.7 Å². The molecule has 0 spiro atoms. The number of aliphatic hydroxyl groups is 1. The number of aryl methyl sites for hydroxylation is 1. The minimum Gasteiger partial charge on any atom is -0.450 e. The van der Waals surface area contributed by atoms with Crippen molar-refractivity contribution in [3.05, 3.63) is 46.3 Å². The molecule has 0 atom stereocenters. The van der Waals surface area contributed by atoms with Crippen LogP contribution in [0.5, 0.6) is 0 Å². The maximum atomic E-state index is 12.5. The number of halogens is 1. The minimum absolute atomic E-state index is 0.00961. The zero-order valence-electron chi connectivity index (χ0n) is 11.0. The van der Waals surface area contributed by atoms with Gasteiger partial charge in [-0.3, -0.25) is 4.31 Å². The van der Waals surface area contributed by atoms with E-state index >= 15 is 0 Å². The van der Waals surface area contributed by atoms with E-state index in [2.05, 4.69) is 15.9 Å². The number of aliphatic hydroxyl groups excluding tert-OH is 1. The standard InChI is InChI=1S/C13H14BrNO4S/c1-9-3-5-10(6-4-9)15(2)20(17,18)12-7-11(8-16)19-13(12)14/h3-7,16H,8H2,1-2H3. The maximum absolute atomic E-state index is 12.5. The third-order valence-corrected chi connectivity index (χ3v) is 5.54. The van der Waals surface area contributed by atoms with Gasteiger partial charge in [-0.05, 0) is 35.0 Å². The third kappa shape index (κ3) is 2.74. The SMILES string of the molecule is Cc1ccc(N(C)S(=O)(=O)c2cc(CO)oc2Br)cc1. The van der Waals surface area contributed by atoms with Crippen molar-refractivity contribution in [2.24, 2.45) is 0 Å². The number of hydrogen-bond donors (Lipinski definition) is 1. The third-order valence-electron chi connectivity index (χ3n) is 2.90. The van der Waals surface area contributed by atoms with Crippen LogP contribution in [-0.2, 0) is 16.6 Å². The lowest BCUT2D eigenvalue weighted by Gasteiger charge is -2.18. The Bertz CT molecular complexity index is 706. The number of nitrogens with zero attached hydrogens (tertiary/aromatic N) is 1. The van der Waals surface area contributed by atoms with Gasteiger partial charge in [0.1, 0.15) is 17.3 Å². The van der Waals surface area contributed by atoms with Gasteiger partial charge in [-0.2, -0.15) is 0 Å². The molecule has 0 radical (unpaired) electrons. The first kappa shape index (κ1) is 15.1. The van der Waals surface area contributed by atoms with E-state index in [1.54, 1.807) is 12.1 Å². The van der Waals surface area contributed by atoms with E-state index in [1.165, 1.54) is 17.4 Å². The molecule has 0 aliphatic rings. The molecular weight excluding hydrogens is 346 g/mol. The van der Waals surface area contributed by atoms with Crippen molar-refractivity contribution in [1.29, 1.82) is 0 Å². The summed E-state index contributed by atoms with van der Waals surface area (Å²) >= 11 is 3.06. The van der Waals surface area contributed by atoms with Gasteiger partial charge in [-0.15, -0.1) is 0 Å². The summed E-state index contributed by atoms with van der Waals surface area (Å²) in [5.74, 6) is 0.188. The van der Waals surface area contributed by atoms with Gasteiger partial charge in [0, 0.05) is 13.1 Å². The van der Waals surface area contributed by atoms with E-state index in [-0.39, 0.29) is 21.9 Å². The fourth-order valence-corrected chi connectivity index (χ4v) is 3.85. The Morgan fingerprint density at radius 2 is 1.90 bits per heavy atom. The molecule has 0 amide bonds. The van der Waals surface area contributed by atoms with Crippen molar-refractivity contribution in [2.75, 3.05) is 11.4 Å². The van der Waals surface area contributed by atoms with Crippen molar-refractivity contribution in [3.8, 4) is 0 Å². The molecule has 1 aromatic heterocycles. The Morgan fingerprint density at radius 1 is 1.30 bits per heavy atom. The lowest BCUT2D eigenvalue weighted by Crippen LogP contribution is -2.26. The summed E-state index contributed by atoms with van der Waals surface area (Å²) in [7, 11) is -2.27. The summed E-state index contributed by atoms with van der Waals surface area (Å²) < 4.78 is 31.4. The van der Waals surface area contributed by atoms with Gasteiger partial charge in [-0.25, -0.2) is 8.42 Å². The summed E-state index contributed by atoms with van der Waals surface area (Å²) in [5.41, 5.74) is 1.60. The monoisotopic (exact) mass is 359 g/mol. The smallest absolute Gasteiger partial charge is 0.268 e. The first-order valence-electron chi connectivity index (χ1n) is 5.81. The van der Waals surface area contributed by atoms with Crippen molar-refractivity contribution in [2.45, 2.75) is 18.4 Å². The number of benzene rings is 1. The summed E-state index contributed by atoms with van der Waals surface area (Å²) in [6.07, 6.45) is 0. The van der Waals surface area contributed by atoms with Gasteiger partial charge in [0.15, 0.2) is 4.67 Å². The van der Waals surface area contributed by atoms with Crippen LogP contribution < -0.4 is 4.31 Å². The second-order valence-corrected chi connectivity index (χ2v) is 6.97. The second kappa shape index (κ2) is 5.59. The topological polar surface area (TPSA) is 70.8 Å². The zero-order chi connectivity index (χ0) is 14.9. The van der Waals surface area contributed by atoms with E-state index in [0.717, 1.165) is 5.56 Å². The predicted molar refractivity (Wildman–Crippen MR) is 79.1 cm³/mol. The number of sulfonamides is 1. The number of furan rings is 1. The molecule has 0 fully saturated rings. The highest BCUT2D eigenvalue weighted by atomic mass is 79.9. The minimum atomic E-state index is -3.74. The fourth-order valence-electron chi connectivity index (χ4n) is 1.69. The summed E-state index contributed by atoms with van der Waals surface area (Å²) in [4.78, 5) is -0.00961. The van der Waals surface area contributed by atoms with Crippen LogP contribution in [0.4, 0.5) is 5.69 Å². The molecular formula is C13H14BrNO4S. The van der Waals surface area contributed by atoms with Gasteiger partial charge < -0.3 is 9.52 Å². The molecule has 0 bridgehead atoms. The van der Waals surface area contributed by atoms with Crippen LogP contribution >= 0.6 is 15.9 Å². The Hall–Kier alpha value is -1.31. The molecule has 0 saturated carbocycles. The molecule has 7 heteroatoms. The average molecular weight is 360 g/mol. The highest BCUT2D eigenvalue weighted by molar-refractivity contribution is 9.10. The highest BCUT2D eigenvalue weighted by Crippen LogP contribution is 2.30. The number of rotatable bonds is 4. The normalized spacial score (nSPS) is 11.6. The Balaban J connectivity index is 2.43. The molecule has 0 aliphatic heterocycles. The fraction of sp³-hybridized carbons (Fsp3) is 0.231. The van der Waals surface area contributed by atoms with E-state index < -0.39 is 10.0 Å². The zero-order valence-corrected chi connectivity index (χ0v) is 13.4. The van der Waals surface area contributed by atoms with Crippen LogP contribution in [0.2, 0.25) is 0 Å². The van der Waals surface area contributed by atoms with Gasteiger partial charge >= 0.3 is 0 Å². The van der Waals surface area contributed by atoms with E-state index in [1.807, 2.05) is 19.1 Å². The Morgan fingerprint density at radius 3 is 2.40 bits per heavy atom. The molecule has 0 unspecified atom stereocenters. The van der Waals surface area contributed by atoms with E-state index in [4.69, 9.17) is 9.52 Å². The van der Waals surface area contributed by atoms with Crippen molar-refractivity contribution in [1.82, 2.24) is 0 Å². The summed E-state index contributed by atoms with van der Waals surface area (Å²) in [6, 6.07) is 8.45. The molecule has 2 aromatic rings. The first-order valence-corrected chi connectivity index (χ1v) is 8.04. The van der Waals surface area contributed by atoms with Gasteiger partial charge in [0.25, 0.3) is 10.0 Å². The van der Waals surface area contributed by atoms with Crippen LogP contribution in [-0.4, -0.2) is 20.6 Å². The molecule has 1 N–H and O–H groups in total. The first-order chi connectivity index (χ1) is 9.36. The predicted octanol–water partition coefficient (Wildman–Crippen LogP) is 2.67. The van der Waals surface area contributed by atoms with E-state index in [0.29, 0.717) is 5.69 Å². The average Bonchev–Trinajstić information content (AvgIpc) is 2.81. The molecule has 20 heavy (non-hydrogen) atoms. The van der Waals surface area contributed by atoms with Gasteiger partial charge in [0.05, 0.1) is 5.69 Å². The lowest BCUT2D eigenvalue weighted by atomic mass is 10.2. The summed E-state index contributed by atoms with van der Waals surface area (Å²) in [5, 5.41) is 9.00.